The third-order valence-corrected chi connectivity index (χ3v) is 6.71. The lowest BCUT2D eigenvalue weighted by Crippen LogP contribution is -2.43. The Kier molecular flexibility index (Phi) is 2.88. The van der Waals surface area contributed by atoms with Gasteiger partial charge < -0.3 is 0 Å². The summed E-state index contributed by atoms with van der Waals surface area (Å²) in [6.45, 7) is 0. The van der Waals surface area contributed by atoms with Crippen LogP contribution >= 0.6 is 0 Å². The Morgan fingerprint density at radius 1 is 0.808 bits per heavy atom. The quantitative estimate of drug-likeness (QED) is 0.464. The van der Waals surface area contributed by atoms with Crippen molar-refractivity contribution >= 4 is 28.9 Å². The SMILES string of the molecule is O=C1C2C3CCC(C4CC43)C2C(=O)N1c1cc([N+](=O)[O-])cc([N+](=O)[O-])c1. The Morgan fingerprint density at radius 3 is 1.69 bits per heavy atom. The molecule has 6 atom stereocenters. The van der Waals surface area contributed by atoms with Gasteiger partial charge in [0.1, 0.15) is 0 Å². The van der Waals surface area contributed by atoms with Gasteiger partial charge in [-0.3, -0.25) is 29.8 Å². The molecule has 1 aromatic carbocycles. The van der Waals surface area contributed by atoms with Gasteiger partial charge in [-0.1, -0.05) is 0 Å². The van der Waals surface area contributed by atoms with Gasteiger partial charge in [-0.25, -0.2) is 4.90 Å². The number of anilines is 1. The Hall–Kier alpha value is -2.84. The molecule has 26 heavy (non-hydrogen) atoms. The van der Waals surface area contributed by atoms with Gasteiger partial charge in [0.25, 0.3) is 11.4 Å². The van der Waals surface area contributed by atoms with E-state index in [0.29, 0.717) is 11.8 Å². The van der Waals surface area contributed by atoms with Gasteiger partial charge in [-0.15, -0.1) is 0 Å². The molecule has 2 amide bonds. The average Bonchev–Trinajstić information content (AvgIpc) is 3.38. The van der Waals surface area contributed by atoms with Crippen molar-refractivity contribution in [2.45, 2.75) is 19.3 Å². The van der Waals surface area contributed by atoms with Crippen LogP contribution in [0.15, 0.2) is 18.2 Å². The molecule has 0 radical (unpaired) electrons. The van der Waals surface area contributed by atoms with Crippen LogP contribution in [-0.4, -0.2) is 21.7 Å². The number of amides is 2. The highest BCUT2D eigenvalue weighted by Gasteiger charge is 2.68. The number of non-ortho nitro benzene ring substituents is 2. The van der Waals surface area contributed by atoms with E-state index in [1.165, 1.54) is 0 Å². The molecule has 6 unspecified atom stereocenters. The number of benzene rings is 1. The van der Waals surface area contributed by atoms with Crippen LogP contribution in [0.2, 0.25) is 0 Å². The highest BCUT2D eigenvalue weighted by atomic mass is 16.6. The van der Waals surface area contributed by atoms with Crippen LogP contribution < -0.4 is 4.90 Å². The zero-order chi connectivity index (χ0) is 18.3. The fraction of sp³-hybridized carbons (Fsp3) is 0.529. The van der Waals surface area contributed by atoms with Crippen LogP contribution in [0, 0.1) is 55.7 Å². The molecule has 4 saturated carbocycles. The smallest absolute Gasteiger partial charge is 0.274 e. The second kappa shape index (κ2) is 4.87. The lowest BCUT2D eigenvalue weighted by molar-refractivity contribution is -0.394. The molecule has 9 heteroatoms. The van der Waals surface area contributed by atoms with E-state index in [1.54, 1.807) is 0 Å². The first-order valence-electron chi connectivity index (χ1n) is 8.70. The summed E-state index contributed by atoms with van der Waals surface area (Å²) in [7, 11) is 0. The number of hydrogen-bond donors (Lipinski definition) is 0. The Morgan fingerprint density at radius 2 is 1.27 bits per heavy atom. The summed E-state index contributed by atoms with van der Waals surface area (Å²) in [5, 5.41) is 22.2. The zero-order valence-electron chi connectivity index (χ0n) is 13.6. The first-order chi connectivity index (χ1) is 12.4. The molecule has 134 valence electrons. The van der Waals surface area contributed by atoms with Crippen molar-refractivity contribution in [3.05, 3.63) is 38.4 Å². The molecule has 4 aliphatic carbocycles. The molecule has 2 bridgehead atoms. The molecule has 0 aromatic heterocycles. The van der Waals surface area contributed by atoms with Crippen molar-refractivity contribution in [2.75, 3.05) is 4.90 Å². The maximum atomic E-state index is 13.0. The van der Waals surface area contributed by atoms with Gasteiger partial charge in [-0.05, 0) is 42.9 Å². The van der Waals surface area contributed by atoms with Gasteiger partial charge in [0.2, 0.25) is 11.8 Å². The summed E-state index contributed by atoms with van der Waals surface area (Å²) in [6, 6.07) is 2.98. The van der Waals surface area contributed by atoms with Crippen molar-refractivity contribution in [3.63, 3.8) is 0 Å². The second-order valence-corrected chi connectivity index (χ2v) is 7.75. The minimum atomic E-state index is -0.756. The second-order valence-electron chi connectivity index (χ2n) is 7.75. The van der Waals surface area contributed by atoms with E-state index < -0.39 is 21.2 Å². The van der Waals surface area contributed by atoms with Crippen molar-refractivity contribution in [3.8, 4) is 0 Å². The average molecular weight is 357 g/mol. The monoisotopic (exact) mass is 357 g/mol. The summed E-state index contributed by atoms with van der Waals surface area (Å²) in [5.41, 5.74) is -1.07. The molecule has 0 spiro atoms. The van der Waals surface area contributed by atoms with Crippen LogP contribution in [0.3, 0.4) is 0 Å². The topological polar surface area (TPSA) is 124 Å². The van der Waals surface area contributed by atoms with E-state index in [-0.39, 0.29) is 41.2 Å². The molecule has 1 aliphatic heterocycles. The van der Waals surface area contributed by atoms with E-state index in [2.05, 4.69) is 0 Å². The minimum Gasteiger partial charge on any atom is -0.274 e. The summed E-state index contributed by atoms with van der Waals surface area (Å²) in [4.78, 5) is 47.7. The number of carbonyl (C=O) groups excluding carboxylic acids is 2. The highest BCUT2D eigenvalue weighted by Crippen LogP contribution is 2.68. The summed E-state index contributed by atoms with van der Waals surface area (Å²) in [6.07, 6.45) is 2.97. The lowest BCUT2D eigenvalue weighted by atomic mass is 9.59. The molecule has 1 aromatic rings. The third kappa shape index (κ3) is 1.85. The molecule has 5 aliphatic rings. The predicted octanol–water partition coefficient (Wildman–Crippen LogP) is 2.28. The largest absolute Gasteiger partial charge is 0.278 e. The molecule has 9 nitrogen and oxygen atoms in total. The molecule has 5 fully saturated rings. The number of nitro groups is 2. The summed E-state index contributed by atoms with van der Waals surface area (Å²) in [5.74, 6) is -0.0103. The van der Waals surface area contributed by atoms with E-state index in [9.17, 15) is 29.8 Å². The summed E-state index contributed by atoms with van der Waals surface area (Å²) >= 11 is 0. The maximum Gasteiger partial charge on any atom is 0.278 e. The van der Waals surface area contributed by atoms with Crippen LogP contribution in [0.5, 0.6) is 0 Å². The van der Waals surface area contributed by atoms with Crippen molar-refractivity contribution in [1.29, 1.82) is 0 Å². The van der Waals surface area contributed by atoms with Crippen molar-refractivity contribution in [2.24, 2.45) is 35.5 Å². The minimum absolute atomic E-state index is 0.0663. The van der Waals surface area contributed by atoms with E-state index >= 15 is 0 Å². The number of carbonyl (C=O) groups is 2. The first kappa shape index (κ1) is 15.4. The first-order valence-corrected chi connectivity index (χ1v) is 8.70. The third-order valence-electron chi connectivity index (χ3n) is 6.71. The Bertz CT molecular complexity index is 832. The van der Waals surface area contributed by atoms with Gasteiger partial charge in [-0.2, -0.15) is 0 Å². The van der Waals surface area contributed by atoms with E-state index in [4.69, 9.17) is 0 Å². The number of fused-ring (bicyclic) bond motifs is 1. The number of nitro benzene ring substituents is 2. The lowest BCUT2D eigenvalue weighted by Gasteiger charge is -2.42. The molecule has 1 heterocycles. The highest BCUT2D eigenvalue weighted by molar-refractivity contribution is 6.22. The number of rotatable bonds is 3. The van der Waals surface area contributed by atoms with Crippen LogP contribution in [0.25, 0.3) is 0 Å². The number of hydrogen-bond acceptors (Lipinski definition) is 6. The van der Waals surface area contributed by atoms with Gasteiger partial charge in [0.15, 0.2) is 0 Å². The fourth-order valence-electron chi connectivity index (χ4n) is 5.71. The van der Waals surface area contributed by atoms with Crippen LogP contribution in [0.4, 0.5) is 17.1 Å². The van der Waals surface area contributed by atoms with E-state index in [0.717, 1.165) is 42.4 Å². The van der Waals surface area contributed by atoms with E-state index in [1.807, 2.05) is 0 Å². The van der Waals surface area contributed by atoms with Gasteiger partial charge >= 0.3 is 0 Å². The number of nitrogens with zero attached hydrogens (tertiary/aromatic N) is 3. The van der Waals surface area contributed by atoms with Gasteiger partial charge in [0.05, 0.1) is 33.4 Å². The van der Waals surface area contributed by atoms with Crippen molar-refractivity contribution < 1.29 is 19.4 Å². The predicted molar refractivity (Wildman–Crippen MR) is 87.0 cm³/mol. The van der Waals surface area contributed by atoms with Crippen LogP contribution in [-0.2, 0) is 9.59 Å². The molecular formula is C17H15N3O6. The fourth-order valence-corrected chi connectivity index (χ4v) is 5.71. The zero-order valence-corrected chi connectivity index (χ0v) is 13.6. The normalized spacial score (nSPS) is 36.7. The molecular weight excluding hydrogens is 342 g/mol. The number of imide groups is 1. The van der Waals surface area contributed by atoms with Gasteiger partial charge in [0, 0.05) is 12.1 Å². The van der Waals surface area contributed by atoms with Crippen molar-refractivity contribution in [1.82, 2.24) is 0 Å². The Labute approximate surface area is 147 Å². The van der Waals surface area contributed by atoms with Crippen LogP contribution in [0.1, 0.15) is 19.3 Å². The Balaban J connectivity index is 1.59. The maximum absolute atomic E-state index is 13.0. The molecule has 1 saturated heterocycles. The summed E-state index contributed by atoms with van der Waals surface area (Å²) < 4.78 is 0. The molecule has 0 N–H and O–H groups in total. The molecule has 6 rings (SSSR count). The standard InChI is InChI=1S/C17H15N3O6/c21-16-14-10-1-2-11(13-6-12(10)13)15(14)17(22)18(16)7-3-8(19(23)24)5-9(4-7)20(25)26/h3-5,10-15H,1-2,6H2.